The molecule has 0 heterocycles. The van der Waals surface area contributed by atoms with Crippen molar-refractivity contribution in [1.82, 2.24) is 5.32 Å². The molecule has 2 N–H and O–H groups in total. The first kappa shape index (κ1) is 14.5. The molecule has 0 aromatic heterocycles. The Bertz CT molecular complexity index is 573. The van der Waals surface area contributed by atoms with Gasteiger partial charge in [-0.1, -0.05) is 23.8 Å². The summed E-state index contributed by atoms with van der Waals surface area (Å²) >= 11 is 5.70. The van der Waals surface area contributed by atoms with E-state index >= 15 is 0 Å². The number of hydrogen-bond donors (Lipinski definition) is 2. The second-order valence-electron chi connectivity index (χ2n) is 4.56. The molecule has 6 nitrogen and oxygen atoms in total. The van der Waals surface area contributed by atoms with E-state index in [1.165, 1.54) is 12.1 Å². The van der Waals surface area contributed by atoms with Gasteiger partial charge in [-0.2, -0.15) is 0 Å². The summed E-state index contributed by atoms with van der Waals surface area (Å²) in [7, 11) is 0. The van der Waals surface area contributed by atoms with Gasteiger partial charge in [-0.15, -0.1) is 0 Å². The van der Waals surface area contributed by atoms with Crippen molar-refractivity contribution in [2.45, 2.75) is 12.5 Å². The third-order valence-electron chi connectivity index (χ3n) is 3.12. The molecule has 0 fully saturated rings. The van der Waals surface area contributed by atoms with E-state index in [1.807, 2.05) is 6.08 Å². The van der Waals surface area contributed by atoms with Crippen molar-refractivity contribution >= 4 is 23.2 Å². The zero-order chi connectivity index (χ0) is 14.7. The highest BCUT2D eigenvalue weighted by molar-refractivity contribution is 6.31. The molecule has 1 aliphatic rings. The quantitative estimate of drug-likeness (QED) is 0.504. The van der Waals surface area contributed by atoms with Crippen LogP contribution in [0.5, 0.6) is 0 Å². The molecule has 20 heavy (non-hydrogen) atoms. The third kappa shape index (κ3) is 3.15. The number of nitro benzene ring substituents is 1. The summed E-state index contributed by atoms with van der Waals surface area (Å²) < 4.78 is 0. The largest absolute Gasteiger partial charge is 0.396 e. The van der Waals surface area contributed by atoms with Crippen LogP contribution in [-0.4, -0.2) is 28.6 Å². The maximum atomic E-state index is 12.1. The van der Waals surface area contributed by atoms with Crippen molar-refractivity contribution in [3.05, 3.63) is 51.1 Å². The van der Waals surface area contributed by atoms with Gasteiger partial charge < -0.3 is 10.4 Å². The number of nitrogens with one attached hydrogen (secondary N) is 1. The number of nitrogens with zero attached hydrogens (tertiary/aromatic N) is 1. The molecule has 7 heteroatoms. The molecule has 1 aromatic carbocycles. The molecule has 2 atom stereocenters. The Balaban J connectivity index is 2.14. The van der Waals surface area contributed by atoms with Gasteiger partial charge in [0.1, 0.15) is 5.56 Å². The first-order valence-corrected chi connectivity index (χ1v) is 6.43. The van der Waals surface area contributed by atoms with Crippen molar-refractivity contribution in [3.63, 3.8) is 0 Å². The third-order valence-corrected chi connectivity index (χ3v) is 3.36. The summed E-state index contributed by atoms with van der Waals surface area (Å²) in [6, 6.07) is 3.69. The molecule has 1 aromatic rings. The number of aliphatic hydroxyl groups excluding tert-OH is 1. The molecule has 1 aliphatic carbocycles. The van der Waals surface area contributed by atoms with Gasteiger partial charge in [-0.05, 0) is 18.6 Å². The fourth-order valence-electron chi connectivity index (χ4n) is 2.11. The number of amides is 1. The van der Waals surface area contributed by atoms with Gasteiger partial charge in [0.2, 0.25) is 0 Å². The number of nitro groups is 1. The number of benzene rings is 1. The predicted molar refractivity (Wildman–Crippen MR) is 73.7 cm³/mol. The van der Waals surface area contributed by atoms with E-state index in [1.54, 1.807) is 6.08 Å². The summed E-state index contributed by atoms with van der Waals surface area (Å²) in [4.78, 5) is 22.4. The predicted octanol–water partition coefficient (Wildman–Crippen LogP) is 1.91. The van der Waals surface area contributed by atoms with Crippen molar-refractivity contribution in [1.29, 1.82) is 0 Å². The summed E-state index contributed by atoms with van der Waals surface area (Å²) in [5.41, 5.74) is -0.351. The Morgan fingerprint density at radius 3 is 2.85 bits per heavy atom. The summed E-state index contributed by atoms with van der Waals surface area (Å²) in [6.07, 6.45) is 4.19. The van der Waals surface area contributed by atoms with Gasteiger partial charge in [-0.3, -0.25) is 14.9 Å². The Morgan fingerprint density at radius 2 is 2.25 bits per heavy atom. The lowest BCUT2D eigenvalue weighted by atomic mass is 10.1. The Morgan fingerprint density at radius 1 is 1.50 bits per heavy atom. The molecule has 0 radical (unpaired) electrons. The van der Waals surface area contributed by atoms with Crippen LogP contribution in [0, 0.1) is 16.0 Å². The minimum absolute atomic E-state index is 0.0144. The molecule has 2 rings (SSSR count). The second-order valence-corrected chi connectivity index (χ2v) is 5.00. The lowest BCUT2D eigenvalue weighted by Gasteiger charge is -2.12. The summed E-state index contributed by atoms with van der Waals surface area (Å²) in [6.45, 7) is 0.0178. The van der Waals surface area contributed by atoms with Crippen LogP contribution in [-0.2, 0) is 0 Å². The molecule has 0 spiro atoms. The monoisotopic (exact) mass is 296 g/mol. The zero-order valence-electron chi connectivity index (χ0n) is 10.5. The van der Waals surface area contributed by atoms with Gasteiger partial charge in [0, 0.05) is 29.7 Å². The number of rotatable bonds is 4. The van der Waals surface area contributed by atoms with Crippen LogP contribution < -0.4 is 5.32 Å². The molecule has 0 saturated heterocycles. The van der Waals surface area contributed by atoms with Crippen LogP contribution in [0.3, 0.4) is 0 Å². The highest BCUT2D eigenvalue weighted by Crippen LogP contribution is 2.24. The smallest absolute Gasteiger partial charge is 0.283 e. The molecular formula is C13H13ClN2O4. The zero-order valence-corrected chi connectivity index (χ0v) is 11.2. The number of halogens is 1. The first-order chi connectivity index (χ1) is 9.51. The maximum absolute atomic E-state index is 12.1. The average Bonchev–Trinajstić information content (AvgIpc) is 2.86. The van der Waals surface area contributed by atoms with Crippen LogP contribution in [0.15, 0.2) is 30.4 Å². The number of carbonyl (C=O) groups excluding carboxylic acids is 1. The van der Waals surface area contributed by atoms with Gasteiger partial charge in [0.15, 0.2) is 0 Å². The Labute approximate surface area is 120 Å². The van der Waals surface area contributed by atoms with E-state index in [-0.39, 0.29) is 34.8 Å². The Kier molecular flexibility index (Phi) is 4.36. The maximum Gasteiger partial charge on any atom is 0.283 e. The molecule has 1 amide bonds. The van der Waals surface area contributed by atoms with E-state index in [4.69, 9.17) is 16.7 Å². The van der Waals surface area contributed by atoms with Crippen molar-refractivity contribution < 1.29 is 14.8 Å². The van der Waals surface area contributed by atoms with Crippen LogP contribution in [0.1, 0.15) is 16.8 Å². The van der Waals surface area contributed by atoms with E-state index in [2.05, 4.69) is 5.32 Å². The molecule has 0 aliphatic heterocycles. The Hall–Kier alpha value is -1.92. The minimum atomic E-state index is -0.637. The highest BCUT2D eigenvalue weighted by Gasteiger charge is 2.24. The number of hydrogen-bond acceptors (Lipinski definition) is 4. The minimum Gasteiger partial charge on any atom is -0.396 e. The molecule has 0 unspecified atom stereocenters. The van der Waals surface area contributed by atoms with Crippen molar-refractivity contribution in [2.24, 2.45) is 5.92 Å². The molecule has 0 bridgehead atoms. The normalized spacial score (nSPS) is 20.9. The lowest BCUT2D eigenvalue weighted by Crippen LogP contribution is -2.33. The first-order valence-electron chi connectivity index (χ1n) is 6.05. The summed E-state index contributed by atoms with van der Waals surface area (Å²) in [5.74, 6) is -0.512. The van der Waals surface area contributed by atoms with E-state index in [9.17, 15) is 14.9 Å². The van der Waals surface area contributed by atoms with E-state index in [0.29, 0.717) is 6.42 Å². The van der Waals surface area contributed by atoms with Gasteiger partial charge >= 0.3 is 0 Å². The summed E-state index contributed by atoms with van der Waals surface area (Å²) in [5, 5.41) is 22.8. The molecule has 0 saturated carbocycles. The van der Waals surface area contributed by atoms with Crippen molar-refractivity contribution in [2.75, 3.05) is 6.61 Å². The van der Waals surface area contributed by atoms with Crippen LogP contribution in [0.25, 0.3) is 0 Å². The van der Waals surface area contributed by atoms with E-state index < -0.39 is 10.8 Å². The van der Waals surface area contributed by atoms with Crippen LogP contribution in [0.4, 0.5) is 5.69 Å². The van der Waals surface area contributed by atoms with Crippen LogP contribution in [0.2, 0.25) is 5.02 Å². The highest BCUT2D eigenvalue weighted by atomic mass is 35.5. The SMILES string of the molecule is O=C(N[C@@H]1C=C[C@H](CO)C1)c1ccc(Cl)cc1[N+](=O)[O-]. The van der Waals surface area contributed by atoms with Crippen molar-refractivity contribution in [3.8, 4) is 0 Å². The fourth-order valence-corrected chi connectivity index (χ4v) is 2.28. The number of aliphatic hydroxyl groups is 1. The molecular weight excluding hydrogens is 284 g/mol. The average molecular weight is 297 g/mol. The number of carbonyl (C=O) groups is 1. The van der Waals surface area contributed by atoms with Gasteiger partial charge in [0.25, 0.3) is 11.6 Å². The topological polar surface area (TPSA) is 92.5 Å². The van der Waals surface area contributed by atoms with Crippen LogP contribution >= 0.6 is 11.6 Å². The van der Waals surface area contributed by atoms with Gasteiger partial charge in [-0.25, -0.2) is 0 Å². The second kappa shape index (κ2) is 6.02. The standard InChI is InChI=1S/C13H13ClN2O4/c14-9-2-4-11(12(6-9)16(19)20)13(18)15-10-3-1-8(5-10)7-17/h1-4,6,8,10,17H,5,7H2,(H,15,18)/t8-,10+/m0/s1. The lowest BCUT2D eigenvalue weighted by molar-refractivity contribution is -0.385. The van der Waals surface area contributed by atoms with Gasteiger partial charge in [0.05, 0.1) is 4.92 Å². The van der Waals surface area contributed by atoms with E-state index in [0.717, 1.165) is 6.07 Å². The molecule has 106 valence electrons. The fraction of sp³-hybridized carbons (Fsp3) is 0.308.